The molecule has 17 heavy (non-hydrogen) atoms. The van der Waals surface area contributed by atoms with E-state index in [1.54, 1.807) is 7.11 Å². The second kappa shape index (κ2) is 8.22. The monoisotopic (exact) mass is 242 g/mol. The fraction of sp³-hybridized carbons (Fsp3) is 0.750. The number of ether oxygens (including phenoxy) is 2. The Labute approximate surface area is 102 Å². The Morgan fingerprint density at radius 2 is 2.06 bits per heavy atom. The summed E-state index contributed by atoms with van der Waals surface area (Å²) in [6, 6.07) is 0. The summed E-state index contributed by atoms with van der Waals surface area (Å²) in [5.41, 5.74) is 2.12. The van der Waals surface area contributed by atoms with Crippen molar-refractivity contribution in [2.45, 2.75) is 26.8 Å². The Hall–Kier alpha value is -0.910. The molecule has 0 radical (unpaired) electrons. The van der Waals surface area contributed by atoms with Crippen LogP contribution in [-0.2, 0) is 16.0 Å². The van der Waals surface area contributed by atoms with Gasteiger partial charge in [0, 0.05) is 25.8 Å². The van der Waals surface area contributed by atoms with Gasteiger partial charge in [-0.3, -0.25) is 0 Å². The zero-order chi connectivity index (χ0) is 12.5. The first-order valence-electron chi connectivity index (χ1n) is 5.95. The van der Waals surface area contributed by atoms with Gasteiger partial charge in [-0.1, -0.05) is 5.16 Å². The summed E-state index contributed by atoms with van der Waals surface area (Å²) >= 11 is 0. The summed E-state index contributed by atoms with van der Waals surface area (Å²) in [4.78, 5) is 0. The van der Waals surface area contributed by atoms with Crippen molar-refractivity contribution >= 4 is 0 Å². The summed E-state index contributed by atoms with van der Waals surface area (Å²) in [5.74, 6) is 0.895. The molecule has 1 N–H and O–H groups in total. The third-order valence-electron chi connectivity index (χ3n) is 2.56. The Kier molecular flexibility index (Phi) is 6.84. The molecule has 98 valence electrons. The van der Waals surface area contributed by atoms with Crippen molar-refractivity contribution in [3.05, 3.63) is 17.0 Å². The summed E-state index contributed by atoms with van der Waals surface area (Å²) < 4.78 is 15.3. The van der Waals surface area contributed by atoms with Crippen LogP contribution in [0, 0.1) is 13.8 Å². The highest BCUT2D eigenvalue weighted by atomic mass is 16.5. The van der Waals surface area contributed by atoms with Gasteiger partial charge in [0.1, 0.15) is 5.76 Å². The highest BCUT2D eigenvalue weighted by molar-refractivity contribution is 5.20. The van der Waals surface area contributed by atoms with E-state index in [1.807, 2.05) is 13.8 Å². The normalized spacial score (nSPS) is 11.0. The van der Waals surface area contributed by atoms with Crippen LogP contribution < -0.4 is 5.32 Å². The molecule has 1 heterocycles. The van der Waals surface area contributed by atoms with E-state index in [9.17, 15) is 0 Å². The Morgan fingerprint density at radius 3 is 2.71 bits per heavy atom. The van der Waals surface area contributed by atoms with Crippen molar-refractivity contribution in [3.63, 3.8) is 0 Å². The van der Waals surface area contributed by atoms with Gasteiger partial charge in [-0.2, -0.15) is 0 Å². The van der Waals surface area contributed by atoms with E-state index < -0.39 is 0 Å². The van der Waals surface area contributed by atoms with E-state index in [1.165, 1.54) is 0 Å². The number of methoxy groups -OCH3 is 1. The maximum Gasteiger partial charge on any atom is 0.138 e. The minimum Gasteiger partial charge on any atom is -0.382 e. The van der Waals surface area contributed by atoms with Crippen molar-refractivity contribution in [2.75, 3.05) is 33.5 Å². The van der Waals surface area contributed by atoms with E-state index in [-0.39, 0.29) is 0 Å². The predicted octanol–water partition coefficient (Wildman–Crippen LogP) is 1.43. The molecule has 0 fully saturated rings. The van der Waals surface area contributed by atoms with Gasteiger partial charge in [-0.15, -0.1) is 0 Å². The Morgan fingerprint density at radius 1 is 1.24 bits per heavy atom. The van der Waals surface area contributed by atoms with Crippen LogP contribution >= 0.6 is 0 Å². The van der Waals surface area contributed by atoms with Crippen molar-refractivity contribution in [2.24, 2.45) is 0 Å². The SMILES string of the molecule is COCCOCCCNCc1c(C)noc1C. The number of hydrogen-bond acceptors (Lipinski definition) is 5. The molecule has 0 aliphatic carbocycles. The van der Waals surface area contributed by atoms with Crippen molar-refractivity contribution in [1.29, 1.82) is 0 Å². The van der Waals surface area contributed by atoms with E-state index in [2.05, 4.69) is 10.5 Å². The maximum atomic E-state index is 5.36. The molecule has 5 nitrogen and oxygen atoms in total. The summed E-state index contributed by atoms with van der Waals surface area (Å²) in [6.07, 6.45) is 0.993. The van der Waals surface area contributed by atoms with Crippen LogP contribution in [0.2, 0.25) is 0 Å². The van der Waals surface area contributed by atoms with Crippen LogP contribution in [0.4, 0.5) is 0 Å². The Balaban J connectivity index is 2.01. The minimum atomic E-state index is 0.659. The molecular formula is C12H22N2O3. The lowest BCUT2D eigenvalue weighted by atomic mass is 10.2. The van der Waals surface area contributed by atoms with Gasteiger partial charge in [0.2, 0.25) is 0 Å². The number of aromatic nitrogens is 1. The molecule has 1 aromatic rings. The van der Waals surface area contributed by atoms with Crippen LogP contribution in [0.1, 0.15) is 23.4 Å². The number of nitrogens with one attached hydrogen (secondary N) is 1. The molecular weight excluding hydrogens is 220 g/mol. The van der Waals surface area contributed by atoms with Crippen molar-refractivity contribution in [1.82, 2.24) is 10.5 Å². The lowest BCUT2D eigenvalue weighted by Gasteiger charge is -2.05. The van der Waals surface area contributed by atoms with Crippen LogP contribution in [-0.4, -0.2) is 38.6 Å². The van der Waals surface area contributed by atoms with Gasteiger partial charge in [0.15, 0.2) is 0 Å². The average molecular weight is 242 g/mol. The first-order valence-corrected chi connectivity index (χ1v) is 5.95. The number of hydrogen-bond donors (Lipinski definition) is 1. The molecule has 0 saturated carbocycles. The number of nitrogens with zero attached hydrogens (tertiary/aromatic N) is 1. The predicted molar refractivity (Wildman–Crippen MR) is 65.0 cm³/mol. The molecule has 0 spiro atoms. The quantitative estimate of drug-likeness (QED) is 0.664. The molecule has 1 aromatic heterocycles. The molecule has 0 aliphatic rings. The molecule has 0 amide bonds. The minimum absolute atomic E-state index is 0.659. The second-order valence-corrected chi connectivity index (χ2v) is 3.94. The summed E-state index contributed by atoms with van der Waals surface area (Å²) in [6.45, 7) is 7.72. The second-order valence-electron chi connectivity index (χ2n) is 3.94. The van der Waals surface area contributed by atoms with Gasteiger partial charge in [0.25, 0.3) is 0 Å². The van der Waals surface area contributed by atoms with Gasteiger partial charge in [0.05, 0.1) is 18.9 Å². The summed E-state index contributed by atoms with van der Waals surface area (Å²) in [5, 5.41) is 7.26. The van der Waals surface area contributed by atoms with E-state index in [0.29, 0.717) is 13.2 Å². The third-order valence-corrected chi connectivity index (χ3v) is 2.56. The van der Waals surface area contributed by atoms with Gasteiger partial charge in [-0.05, 0) is 26.8 Å². The molecule has 0 saturated heterocycles. The van der Waals surface area contributed by atoms with E-state index in [4.69, 9.17) is 14.0 Å². The highest BCUT2D eigenvalue weighted by Gasteiger charge is 2.07. The van der Waals surface area contributed by atoms with Gasteiger partial charge >= 0.3 is 0 Å². The lowest BCUT2D eigenvalue weighted by molar-refractivity contribution is 0.0695. The molecule has 0 aliphatic heterocycles. The van der Waals surface area contributed by atoms with Crippen molar-refractivity contribution in [3.8, 4) is 0 Å². The smallest absolute Gasteiger partial charge is 0.138 e. The number of aryl methyl sites for hydroxylation is 2. The first kappa shape index (κ1) is 14.2. The Bertz CT molecular complexity index is 293. The standard InChI is InChI=1S/C12H22N2O3/c1-10-12(11(2)17-14-10)9-13-5-4-6-16-8-7-15-3/h13H,4-9H2,1-3H3. The zero-order valence-corrected chi connectivity index (χ0v) is 10.9. The van der Waals surface area contributed by atoms with Gasteiger partial charge in [-0.25, -0.2) is 0 Å². The molecule has 0 aromatic carbocycles. The fourth-order valence-corrected chi connectivity index (χ4v) is 1.51. The van der Waals surface area contributed by atoms with Crippen LogP contribution in [0.25, 0.3) is 0 Å². The third kappa shape index (κ3) is 5.30. The van der Waals surface area contributed by atoms with Gasteiger partial charge < -0.3 is 19.3 Å². The van der Waals surface area contributed by atoms with E-state index >= 15 is 0 Å². The maximum absolute atomic E-state index is 5.36. The fourth-order valence-electron chi connectivity index (χ4n) is 1.51. The molecule has 0 atom stereocenters. The number of rotatable bonds is 9. The molecule has 0 unspecified atom stereocenters. The zero-order valence-electron chi connectivity index (χ0n) is 10.9. The largest absolute Gasteiger partial charge is 0.382 e. The van der Waals surface area contributed by atoms with Crippen LogP contribution in [0.15, 0.2) is 4.52 Å². The molecule has 1 rings (SSSR count). The first-order chi connectivity index (χ1) is 8.25. The molecule has 0 bridgehead atoms. The van der Waals surface area contributed by atoms with Crippen LogP contribution in [0.3, 0.4) is 0 Å². The van der Waals surface area contributed by atoms with Crippen molar-refractivity contribution < 1.29 is 14.0 Å². The average Bonchev–Trinajstić information content (AvgIpc) is 2.63. The van der Waals surface area contributed by atoms with Crippen LogP contribution in [0.5, 0.6) is 0 Å². The summed E-state index contributed by atoms with van der Waals surface area (Å²) in [7, 11) is 1.68. The lowest BCUT2D eigenvalue weighted by Crippen LogP contribution is -2.17. The molecule has 5 heteroatoms. The van der Waals surface area contributed by atoms with E-state index in [0.717, 1.165) is 43.1 Å². The topological polar surface area (TPSA) is 56.5 Å². The highest BCUT2D eigenvalue weighted by Crippen LogP contribution is 2.11.